The van der Waals surface area contributed by atoms with E-state index < -0.39 is 0 Å². The Kier molecular flexibility index (Phi) is 1.75. The van der Waals surface area contributed by atoms with Crippen LogP contribution in [0.25, 0.3) is 0 Å². The molecule has 0 saturated carbocycles. The predicted octanol–water partition coefficient (Wildman–Crippen LogP) is 0.504. The van der Waals surface area contributed by atoms with Crippen LogP contribution in [-0.2, 0) is 0 Å². The Bertz CT molecular complexity index is 127. The number of aromatic nitrogens is 2. The van der Waals surface area contributed by atoms with Gasteiger partial charge in [0.05, 0.1) is 6.33 Å². The molecule has 1 aromatic heterocycles. The maximum Gasteiger partial charge on any atom is 0.524 e. The smallest absolute Gasteiger partial charge is 0.423 e. The van der Waals surface area contributed by atoms with Gasteiger partial charge in [-0.05, 0) is 6.20 Å². The van der Waals surface area contributed by atoms with Crippen molar-refractivity contribution >= 4 is 24.6 Å². The number of nitrogens with zero attached hydrogens (tertiary/aromatic N) is 2. The summed E-state index contributed by atoms with van der Waals surface area (Å²) in [5.74, 6) is 0. The molecule has 1 aromatic rings. The van der Waals surface area contributed by atoms with Crippen molar-refractivity contribution in [3.63, 3.8) is 0 Å². The van der Waals surface area contributed by atoms with Crippen LogP contribution in [0.5, 0.6) is 0 Å². The van der Waals surface area contributed by atoms with Crippen molar-refractivity contribution in [3.8, 4) is 0 Å². The van der Waals surface area contributed by atoms with Crippen molar-refractivity contribution in [2.75, 3.05) is 0 Å². The molecule has 0 bridgehead atoms. The topological polar surface area (TPSA) is 17.8 Å². The van der Waals surface area contributed by atoms with Crippen molar-refractivity contribution < 1.29 is 0 Å². The second kappa shape index (κ2) is 2.37. The van der Waals surface area contributed by atoms with Crippen LogP contribution in [0.2, 0.25) is 0 Å². The highest BCUT2D eigenvalue weighted by atomic mass is 35.6. The van der Waals surface area contributed by atoms with Crippen LogP contribution in [-0.4, -0.2) is 23.1 Å². The van der Waals surface area contributed by atoms with Gasteiger partial charge in [0.25, 0.3) is 0 Å². The number of imidazole rings is 1. The van der Waals surface area contributed by atoms with Gasteiger partial charge in [0.1, 0.15) is 0 Å². The Morgan fingerprint density at radius 2 is 2.57 bits per heavy atom. The maximum absolute atomic E-state index is 5.47. The minimum atomic E-state index is -0.130. The number of hydrogen-bond acceptors (Lipinski definition) is 1. The summed E-state index contributed by atoms with van der Waals surface area (Å²) in [6, 6.07) is 0. The van der Waals surface area contributed by atoms with E-state index >= 15 is 0 Å². The molecule has 0 saturated heterocycles. The third-order valence-electron chi connectivity index (χ3n) is 0.638. The monoisotopic (exact) mass is 129 g/mol. The lowest BCUT2D eigenvalue weighted by Crippen LogP contribution is -1.92. The lowest BCUT2D eigenvalue weighted by molar-refractivity contribution is 1.21. The lowest BCUT2D eigenvalue weighted by atomic mass is 11.0. The standard InChI is InChI=1S/C3H3N2.Al.ClH/c1-2-5-3-4-1;;/h1-3H;;1H/q-1;+2;/p-1. The minimum Gasteiger partial charge on any atom is -0.423 e. The molecular formula is C3H3AlClN2. The summed E-state index contributed by atoms with van der Waals surface area (Å²) in [5, 5.41) is 0. The van der Waals surface area contributed by atoms with Gasteiger partial charge < -0.3 is 3.55 Å². The van der Waals surface area contributed by atoms with Crippen LogP contribution in [0.4, 0.5) is 0 Å². The van der Waals surface area contributed by atoms with Gasteiger partial charge in [-0.25, -0.2) is 15.0 Å². The highest BCUT2D eigenvalue weighted by Gasteiger charge is 1.85. The average molecular weight is 130 g/mol. The molecule has 0 fully saturated rings. The number of halogens is 1. The molecule has 0 aromatic carbocycles. The first kappa shape index (κ1) is 5.17. The van der Waals surface area contributed by atoms with E-state index in [2.05, 4.69) is 4.98 Å². The first-order chi connectivity index (χ1) is 3.43. The molecule has 35 valence electrons. The van der Waals surface area contributed by atoms with E-state index in [-0.39, 0.29) is 14.5 Å². The molecule has 0 aliphatic rings. The zero-order chi connectivity index (χ0) is 5.11. The fourth-order valence-electron chi connectivity index (χ4n) is 0.327. The minimum absolute atomic E-state index is 0.130. The van der Waals surface area contributed by atoms with E-state index in [0.717, 1.165) is 0 Å². The fraction of sp³-hybridized carbons (Fsp3) is 0. The second-order valence-corrected chi connectivity index (χ2v) is 2.48. The molecule has 0 N–H and O–H groups in total. The largest absolute Gasteiger partial charge is 0.524 e. The zero-order valence-electron chi connectivity index (χ0n) is 3.58. The van der Waals surface area contributed by atoms with E-state index in [4.69, 9.17) is 10.0 Å². The molecule has 2 nitrogen and oxygen atoms in total. The fourth-order valence-corrected chi connectivity index (χ4v) is 0.943. The zero-order valence-corrected chi connectivity index (χ0v) is 5.49. The van der Waals surface area contributed by atoms with Gasteiger partial charge in [-0.1, -0.05) is 0 Å². The predicted molar refractivity (Wildman–Crippen MR) is 29.2 cm³/mol. The Morgan fingerprint density at radius 3 is 2.86 bits per heavy atom. The van der Waals surface area contributed by atoms with Crippen LogP contribution >= 0.6 is 10.0 Å². The van der Waals surface area contributed by atoms with Crippen molar-refractivity contribution in [1.29, 1.82) is 0 Å². The summed E-state index contributed by atoms with van der Waals surface area (Å²) >= 11 is -0.130. The Labute approximate surface area is 52.3 Å². The quantitative estimate of drug-likeness (QED) is 0.505. The van der Waals surface area contributed by atoms with Crippen LogP contribution < -0.4 is 0 Å². The van der Waals surface area contributed by atoms with E-state index in [1.54, 1.807) is 12.5 Å². The van der Waals surface area contributed by atoms with E-state index in [1.165, 1.54) is 0 Å². The molecule has 1 rings (SSSR count). The number of hydrogen-bond donors (Lipinski definition) is 0. The highest BCUT2D eigenvalue weighted by Crippen LogP contribution is 1.80. The van der Waals surface area contributed by atoms with Crippen LogP contribution in [0, 0.1) is 0 Å². The van der Waals surface area contributed by atoms with Gasteiger partial charge in [-0.2, -0.15) is 0 Å². The molecule has 0 amide bonds. The summed E-state index contributed by atoms with van der Waals surface area (Å²) < 4.78 is 1.86. The molecule has 0 spiro atoms. The maximum atomic E-state index is 5.47. The molecule has 1 radical (unpaired) electrons. The van der Waals surface area contributed by atoms with Crippen molar-refractivity contribution in [3.05, 3.63) is 18.7 Å². The van der Waals surface area contributed by atoms with Crippen LogP contribution in [0.3, 0.4) is 0 Å². The molecule has 1 heterocycles. The lowest BCUT2D eigenvalue weighted by Gasteiger charge is -1.83. The Hall–Kier alpha value is 0.0325. The Morgan fingerprint density at radius 1 is 1.71 bits per heavy atom. The van der Waals surface area contributed by atoms with Crippen molar-refractivity contribution in [2.24, 2.45) is 0 Å². The molecule has 0 atom stereocenters. The summed E-state index contributed by atoms with van der Waals surface area (Å²) in [6.07, 6.45) is 5.28. The molecule has 0 aliphatic carbocycles. The van der Waals surface area contributed by atoms with E-state index in [0.29, 0.717) is 0 Å². The summed E-state index contributed by atoms with van der Waals surface area (Å²) in [4.78, 5) is 3.79. The van der Waals surface area contributed by atoms with Crippen molar-refractivity contribution in [2.45, 2.75) is 0 Å². The van der Waals surface area contributed by atoms with Gasteiger partial charge in [0, 0.05) is 6.20 Å². The first-order valence-electron chi connectivity index (χ1n) is 1.84. The van der Waals surface area contributed by atoms with Crippen LogP contribution in [0.1, 0.15) is 0 Å². The average Bonchev–Trinajstić information content (AvgIpc) is 2.14. The summed E-state index contributed by atoms with van der Waals surface area (Å²) in [7, 11) is 5.47. The third kappa shape index (κ3) is 1.20. The van der Waals surface area contributed by atoms with Crippen LogP contribution in [0.15, 0.2) is 18.7 Å². The summed E-state index contributed by atoms with van der Waals surface area (Å²) in [5.41, 5.74) is 0. The number of rotatable bonds is 1. The summed E-state index contributed by atoms with van der Waals surface area (Å²) in [6.45, 7) is 0. The molecule has 0 unspecified atom stereocenters. The molecular weight excluding hydrogens is 126 g/mol. The van der Waals surface area contributed by atoms with Gasteiger partial charge >= 0.3 is 14.5 Å². The van der Waals surface area contributed by atoms with Gasteiger partial charge in [0.2, 0.25) is 0 Å². The van der Waals surface area contributed by atoms with E-state index in [9.17, 15) is 0 Å². The first-order valence-corrected chi connectivity index (χ1v) is 4.10. The normalized spacial score (nSPS) is 8.71. The SMILES string of the molecule is [Cl][Al][n]1ccnc1. The molecule has 4 heteroatoms. The van der Waals surface area contributed by atoms with E-state index in [1.807, 2.05) is 9.75 Å². The molecule has 7 heavy (non-hydrogen) atoms. The van der Waals surface area contributed by atoms with Gasteiger partial charge in [-0.3, -0.25) is 0 Å². The second-order valence-electron chi connectivity index (χ2n) is 1.11. The third-order valence-corrected chi connectivity index (χ3v) is 1.84. The van der Waals surface area contributed by atoms with Crippen molar-refractivity contribution in [1.82, 2.24) is 8.53 Å². The highest BCUT2D eigenvalue weighted by molar-refractivity contribution is 6.92. The Balaban J connectivity index is 2.76. The van der Waals surface area contributed by atoms with Gasteiger partial charge in [0.15, 0.2) is 0 Å². The molecule has 0 aliphatic heterocycles. The van der Waals surface area contributed by atoms with Gasteiger partial charge in [-0.15, -0.1) is 0 Å².